The number of fused-ring (bicyclic) bond motifs is 1. The fourth-order valence-electron chi connectivity index (χ4n) is 3.84. The van der Waals surface area contributed by atoms with Gasteiger partial charge in [0.05, 0.1) is 5.71 Å². The van der Waals surface area contributed by atoms with Gasteiger partial charge in [-0.2, -0.15) is 0 Å². The van der Waals surface area contributed by atoms with E-state index < -0.39 is 0 Å². The summed E-state index contributed by atoms with van der Waals surface area (Å²) in [5.74, 6) is 2.73. The first-order chi connectivity index (χ1) is 8.19. The molecule has 98 valence electrons. The Hall–Kier alpha value is -0.530. The molecular weight excluding hydrogens is 210 g/mol. The molecule has 0 N–H and O–H groups in total. The second-order valence-electron chi connectivity index (χ2n) is 6.08. The van der Waals surface area contributed by atoms with E-state index in [2.05, 4.69) is 32.9 Å². The van der Waals surface area contributed by atoms with Crippen LogP contribution in [0.1, 0.15) is 59.8 Å². The zero-order valence-electron chi connectivity index (χ0n) is 11.8. The van der Waals surface area contributed by atoms with E-state index >= 15 is 0 Å². The van der Waals surface area contributed by atoms with Gasteiger partial charge in [0.2, 0.25) is 0 Å². The number of hydrogen-bond acceptors (Lipinski definition) is 2. The fourth-order valence-corrected chi connectivity index (χ4v) is 3.84. The number of nitrogens with zero attached hydrogens (tertiary/aromatic N) is 1. The first kappa shape index (κ1) is 12.9. The summed E-state index contributed by atoms with van der Waals surface area (Å²) >= 11 is 0. The van der Waals surface area contributed by atoms with Gasteiger partial charge in [-0.05, 0) is 31.1 Å². The third-order valence-electron chi connectivity index (χ3n) is 4.59. The van der Waals surface area contributed by atoms with Crippen molar-refractivity contribution in [2.75, 3.05) is 0 Å². The molecule has 1 aliphatic heterocycles. The number of oxime groups is 1. The van der Waals surface area contributed by atoms with E-state index in [-0.39, 0.29) is 0 Å². The van der Waals surface area contributed by atoms with E-state index in [1.807, 2.05) is 0 Å². The molecule has 2 aliphatic rings. The molecule has 0 radical (unpaired) electrons. The maximum atomic E-state index is 5.73. The maximum Gasteiger partial charge on any atom is 0.138 e. The molecule has 0 aromatic heterocycles. The molecule has 2 nitrogen and oxygen atoms in total. The molecule has 0 aromatic carbocycles. The van der Waals surface area contributed by atoms with Crippen molar-refractivity contribution < 1.29 is 4.84 Å². The molecular formula is C15H27NO. The van der Waals surface area contributed by atoms with E-state index in [4.69, 9.17) is 4.84 Å². The minimum atomic E-state index is 0.385. The first-order valence-corrected chi connectivity index (χ1v) is 7.42. The second-order valence-corrected chi connectivity index (χ2v) is 6.08. The van der Waals surface area contributed by atoms with E-state index in [9.17, 15) is 0 Å². The van der Waals surface area contributed by atoms with E-state index in [1.54, 1.807) is 0 Å². The zero-order valence-corrected chi connectivity index (χ0v) is 11.8. The van der Waals surface area contributed by atoms with Crippen molar-refractivity contribution in [3.8, 4) is 0 Å². The lowest BCUT2D eigenvalue weighted by molar-refractivity contribution is 0.0448. The third-order valence-corrected chi connectivity index (χ3v) is 4.59. The maximum absolute atomic E-state index is 5.73. The number of rotatable bonds is 5. The molecule has 1 heterocycles. The van der Waals surface area contributed by atoms with Gasteiger partial charge in [0.15, 0.2) is 0 Å². The molecule has 1 aliphatic carbocycles. The minimum Gasteiger partial charge on any atom is -0.392 e. The van der Waals surface area contributed by atoms with Crippen LogP contribution in [0.25, 0.3) is 0 Å². The van der Waals surface area contributed by atoms with Crippen molar-refractivity contribution >= 4 is 5.71 Å². The number of hydrogen-bond donors (Lipinski definition) is 0. The van der Waals surface area contributed by atoms with Crippen molar-refractivity contribution in [2.24, 2.45) is 28.8 Å². The molecule has 1 fully saturated rings. The van der Waals surface area contributed by atoms with E-state index in [0.717, 1.165) is 5.92 Å². The Morgan fingerprint density at radius 1 is 1.18 bits per heavy atom. The molecule has 17 heavy (non-hydrogen) atoms. The summed E-state index contributed by atoms with van der Waals surface area (Å²) in [4.78, 5) is 5.73. The van der Waals surface area contributed by atoms with Crippen LogP contribution in [-0.4, -0.2) is 11.8 Å². The Balaban J connectivity index is 2.10. The van der Waals surface area contributed by atoms with Crippen LogP contribution in [0.15, 0.2) is 5.16 Å². The van der Waals surface area contributed by atoms with Crippen LogP contribution in [0, 0.1) is 23.7 Å². The van der Waals surface area contributed by atoms with Crippen LogP contribution in [0.5, 0.6) is 0 Å². The lowest BCUT2D eigenvalue weighted by Crippen LogP contribution is -2.29. The molecule has 4 atom stereocenters. The zero-order chi connectivity index (χ0) is 12.4. The van der Waals surface area contributed by atoms with Crippen LogP contribution in [0.4, 0.5) is 0 Å². The van der Waals surface area contributed by atoms with Crippen molar-refractivity contribution in [1.29, 1.82) is 0 Å². The Morgan fingerprint density at radius 2 is 1.82 bits per heavy atom. The van der Waals surface area contributed by atoms with Crippen molar-refractivity contribution in [3.63, 3.8) is 0 Å². The van der Waals surface area contributed by atoms with Gasteiger partial charge in [0.1, 0.15) is 6.10 Å². The fraction of sp³-hybridized carbons (Fsp3) is 0.933. The van der Waals surface area contributed by atoms with Gasteiger partial charge >= 0.3 is 0 Å². The molecule has 0 saturated heterocycles. The largest absolute Gasteiger partial charge is 0.392 e. The smallest absolute Gasteiger partial charge is 0.138 e. The summed E-state index contributed by atoms with van der Waals surface area (Å²) in [6, 6.07) is 0. The van der Waals surface area contributed by atoms with Crippen molar-refractivity contribution in [2.45, 2.75) is 65.9 Å². The molecule has 1 saturated carbocycles. The lowest BCUT2D eigenvalue weighted by atomic mass is 9.81. The molecule has 2 heteroatoms. The predicted octanol–water partition coefficient (Wildman–Crippen LogP) is 4.25. The van der Waals surface area contributed by atoms with E-state index in [0.29, 0.717) is 23.9 Å². The molecule has 0 spiro atoms. The third kappa shape index (κ3) is 2.36. The Kier molecular flexibility index (Phi) is 4.11. The quantitative estimate of drug-likeness (QED) is 0.700. The summed E-state index contributed by atoms with van der Waals surface area (Å²) < 4.78 is 0. The Labute approximate surface area is 106 Å². The van der Waals surface area contributed by atoms with Gasteiger partial charge in [-0.25, -0.2) is 0 Å². The monoisotopic (exact) mass is 237 g/mol. The molecule has 0 amide bonds. The van der Waals surface area contributed by atoms with Gasteiger partial charge in [-0.3, -0.25) is 0 Å². The molecule has 0 aromatic rings. The summed E-state index contributed by atoms with van der Waals surface area (Å²) in [5.41, 5.74) is 1.40. The lowest BCUT2D eigenvalue weighted by Gasteiger charge is -2.21. The van der Waals surface area contributed by atoms with Gasteiger partial charge in [-0.1, -0.05) is 45.7 Å². The van der Waals surface area contributed by atoms with Crippen LogP contribution < -0.4 is 0 Å². The summed E-state index contributed by atoms with van der Waals surface area (Å²) in [6.45, 7) is 9.24. The highest BCUT2D eigenvalue weighted by Crippen LogP contribution is 2.44. The predicted molar refractivity (Wildman–Crippen MR) is 72.0 cm³/mol. The van der Waals surface area contributed by atoms with Gasteiger partial charge in [-0.15, -0.1) is 0 Å². The average molecular weight is 237 g/mol. The summed E-state index contributed by atoms with van der Waals surface area (Å²) in [7, 11) is 0. The van der Waals surface area contributed by atoms with Crippen LogP contribution >= 0.6 is 0 Å². The van der Waals surface area contributed by atoms with Crippen LogP contribution in [0.2, 0.25) is 0 Å². The van der Waals surface area contributed by atoms with Gasteiger partial charge in [0.25, 0.3) is 0 Å². The summed E-state index contributed by atoms with van der Waals surface area (Å²) in [6.07, 6.45) is 6.76. The average Bonchev–Trinajstić information content (AvgIpc) is 2.82. The first-order valence-electron chi connectivity index (χ1n) is 7.42. The molecule has 4 unspecified atom stereocenters. The highest BCUT2D eigenvalue weighted by molar-refractivity contribution is 5.90. The molecule has 2 rings (SSSR count). The normalized spacial score (nSPS) is 35.9. The van der Waals surface area contributed by atoms with Gasteiger partial charge < -0.3 is 4.84 Å². The minimum absolute atomic E-state index is 0.385. The summed E-state index contributed by atoms with van der Waals surface area (Å²) in [5, 5.41) is 4.48. The van der Waals surface area contributed by atoms with Gasteiger partial charge in [0, 0.05) is 11.8 Å². The van der Waals surface area contributed by atoms with Crippen LogP contribution in [-0.2, 0) is 4.84 Å². The van der Waals surface area contributed by atoms with E-state index in [1.165, 1.54) is 37.8 Å². The topological polar surface area (TPSA) is 21.6 Å². The van der Waals surface area contributed by atoms with Crippen LogP contribution in [0.3, 0.4) is 0 Å². The van der Waals surface area contributed by atoms with Crippen molar-refractivity contribution in [1.82, 2.24) is 0 Å². The standard InChI is InChI=1S/C15H27NO/c1-5-7-12(8-6-2)14-13-10(3)9-11(4)15(13)17-16-14/h10-13,15H,5-9H2,1-4H3. The second kappa shape index (κ2) is 5.41. The highest BCUT2D eigenvalue weighted by Gasteiger charge is 2.48. The SMILES string of the molecule is CCCC(CCC)C1=NOC2C(C)CC(C)C12. The Bertz CT molecular complexity index is 281. The molecule has 0 bridgehead atoms. The Morgan fingerprint density at radius 3 is 2.41 bits per heavy atom. The highest BCUT2D eigenvalue weighted by atomic mass is 16.6. The van der Waals surface area contributed by atoms with Crippen molar-refractivity contribution in [3.05, 3.63) is 0 Å².